The summed E-state index contributed by atoms with van der Waals surface area (Å²) in [5.74, 6) is 0.227. The van der Waals surface area contributed by atoms with Crippen molar-refractivity contribution in [3.8, 4) is 5.75 Å². The zero-order chi connectivity index (χ0) is 24.5. The van der Waals surface area contributed by atoms with Gasteiger partial charge in [0, 0.05) is 17.3 Å². The van der Waals surface area contributed by atoms with Gasteiger partial charge in [0.25, 0.3) is 0 Å². The van der Waals surface area contributed by atoms with Crippen LogP contribution in [-0.2, 0) is 16.1 Å². The number of aliphatic hydroxyl groups excluding tert-OH is 1. The van der Waals surface area contributed by atoms with Gasteiger partial charge in [-0.3, -0.25) is 14.7 Å². The molecule has 1 spiro atoms. The molecule has 3 fully saturated rings. The van der Waals surface area contributed by atoms with E-state index in [1.807, 2.05) is 18.2 Å². The number of phenols is 1. The first-order valence-corrected chi connectivity index (χ1v) is 13.5. The summed E-state index contributed by atoms with van der Waals surface area (Å²) in [5.41, 5.74) is 2.32. The largest absolute Gasteiger partial charge is 0.508 e. The predicted octanol–water partition coefficient (Wildman–Crippen LogP) is 5.20. The molecule has 2 aliphatic carbocycles. The Kier molecular flexibility index (Phi) is 7.04. The van der Waals surface area contributed by atoms with Gasteiger partial charge < -0.3 is 14.9 Å². The van der Waals surface area contributed by atoms with Crippen molar-refractivity contribution < 1.29 is 19.7 Å². The number of aromatic hydroxyl groups is 1. The number of hydrogen-bond donors (Lipinski definition) is 2. The third-order valence-corrected chi connectivity index (χ3v) is 8.90. The standard InChI is InChI=1S/C29H40N2O4/c1-28(11-2-12-29(19-28)13-7-24(32)8-14-29)20-35-27(34)21-9-15-31(16-10-21)18-23-4-3-22-17-25(33)5-6-26(22)30-23/h3-6,17,21,24,32-33H,2,7-16,18-20H2,1H3. The summed E-state index contributed by atoms with van der Waals surface area (Å²) in [7, 11) is 0. The van der Waals surface area contributed by atoms with Crippen molar-refractivity contribution in [1.82, 2.24) is 9.88 Å². The fourth-order valence-electron chi connectivity index (χ4n) is 6.90. The fourth-order valence-corrected chi connectivity index (χ4v) is 6.90. The first kappa shape index (κ1) is 24.5. The Balaban J connectivity index is 1.09. The molecular formula is C29H40N2O4. The number of fused-ring (bicyclic) bond motifs is 1. The van der Waals surface area contributed by atoms with Crippen molar-refractivity contribution in [3.63, 3.8) is 0 Å². The number of aliphatic hydroxyl groups is 1. The average molecular weight is 481 g/mol. The molecule has 0 radical (unpaired) electrons. The molecule has 3 aliphatic rings. The van der Waals surface area contributed by atoms with Crippen molar-refractivity contribution in [2.45, 2.75) is 83.8 Å². The van der Waals surface area contributed by atoms with Gasteiger partial charge in [0.05, 0.1) is 29.8 Å². The molecule has 190 valence electrons. The summed E-state index contributed by atoms with van der Waals surface area (Å²) < 4.78 is 5.95. The molecule has 2 heterocycles. The third kappa shape index (κ3) is 5.80. The molecule has 1 saturated heterocycles. The van der Waals surface area contributed by atoms with E-state index in [0.717, 1.165) is 87.6 Å². The van der Waals surface area contributed by atoms with E-state index >= 15 is 0 Å². The van der Waals surface area contributed by atoms with Gasteiger partial charge in [-0.1, -0.05) is 19.4 Å². The van der Waals surface area contributed by atoms with Crippen LogP contribution in [0.25, 0.3) is 10.9 Å². The molecule has 1 atom stereocenters. The molecular weight excluding hydrogens is 440 g/mol. The van der Waals surface area contributed by atoms with Gasteiger partial charge in [-0.2, -0.15) is 0 Å². The SMILES string of the molecule is CC1(COC(=O)C2CCN(Cc3ccc4cc(O)ccc4n3)CC2)CCCC2(CCC(O)CC2)C1. The van der Waals surface area contributed by atoms with Gasteiger partial charge in [-0.05, 0) is 101 Å². The van der Waals surface area contributed by atoms with Crippen LogP contribution in [0.3, 0.4) is 0 Å². The number of piperidine rings is 1. The Morgan fingerprint density at radius 1 is 1.09 bits per heavy atom. The first-order chi connectivity index (χ1) is 16.8. The van der Waals surface area contributed by atoms with E-state index in [1.54, 1.807) is 12.1 Å². The lowest BCUT2D eigenvalue weighted by molar-refractivity contribution is -0.156. The molecule has 0 bridgehead atoms. The molecule has 6 heteroatoms. The second-order valence-electron chi connectivity index (χ2n) is 11.9. The van der Waals surface area contributed by atoms with E-state index in [4.69, 9.17) is 9.72 Å². The molecule has 2 N–H and O–H groups in total. The first-order valence-electron chi connectivity index (χ1n) is 13.5. The zero-order valence-electron chi connectivity index (χ0n) is 21.0. The molecule has 6 nitrogen and oxygen atoms in total. The highest BCUT2D eigenvalue weighted by molar-refractivity contribution is 5.80. The van der Waals surface area contributed by atoms with Crippen LogP contribution >= 0.6 is 0 Å². The number of nitrogens with zero attached hydrogens (tertiary/aromatic N) is 2. The van der Waals surface area contributed by atoms with Crippen molar-refractivity contribution in [3.05, 3.63) is 36.0 Å². The second kappa shape index (κ2) is 10.1. The smallest absolute Gasteiger partial charge is 0.309 e. The maximum absolute atomic E-state index is 12.9. The lowest BCUT2D eigenvalue weighted by atomic mass is 9.58. The van der Waals surface area contributed by atoms with Gasteiger partial charge in [-0.15, -0.1) is 0 Å². The molecule has 35 heavy (non-hydrogen) atoms. The van der Waals surface area contributed by atoms with Gasteiger partial charge in [0.15, 0.2) is 0 Å². The van der Waals surface area contributed by atoms with Crippen molar-refractivity contribution in [2.75, 3.05) is 19.7 Å². The van der Waals surface area contributed by atoms with Crippen LogP contribution < -0.4 is 0 Å². The number of likely N-dealkylation sites (tertiary alicyclic amines) is 1. The normalized spacial score (nSPS) is 30.5. The maximum Gasteiger partial charge on any atom is 0.309 e. The van der Waals surface area contributed by atoms with Crippen LogP contribution in [0.4, 0.5) is 0 Å². The quantitative estimate of drug-likeness (QED) is 0.573. The van der Waals surface area contributed by atoms with Gasteiger partial charge in [-0.25, -0.2) is 0 Å². The second-order valence-corrected chi connectivity index (χ2v) is 11.9. The molecule has 1 aromatic heterocycles. The Morgan fingerprint density at radius 3 is 2.63 bits per heavy atom. The lowest BCUT2D eigenvalue weighted by Gasteiger charge is -2.49. The number of carbonyl (C=O) groups is 1. The Bertz CT molecular complexity index is 1040. The fraction of sp³-hybridized carbons (Fsp3) is 0.655. The number of phenolic OH excluding ortho intramolecular Hbond substituents is 1. The zero-order valence-corrected chi connectivity index (χ0v) is 21.0. The molecule has 0 amide bonds. The number of carbonyl (C=O) groups excluding carboxylic acids is 1. The van der Waals surface area contributed by atoms with E-state index in [0.29, 0.717) is 12.0 Å². The van der Waals surface area contributed by atoms with Crippen LogP contribution in [-0.4, -0.2) is 51.9 Å². The van der Waals surface area contributed by atoms with E-state index in [9.17, 15) is 15.0 Å². The van der Waals surface area contributed by atoms with Crippen molar-refractivity contribution in [2.24, 2.45) is 16.7 Å². The predicted molar refractivity (Wildman–Crippen MR) is 136 cm³/mol. The van der Waals surface area contributed by atoms with Crippen LogP contribution in [0.2, 0.25) is 0 Å². The van der Waals surface area contributed by atoms with Gasteiger partial charge in [0.2, 0.25) is 0 Å². The summed E-state index contributed by atoms with van der Waals surface area (Å²) in [6.45, 7) is 5.35. The lowest BCUT2D eigenvalue weighted by Crippen LogP contribution is -2.42. The highest BCUT2D eigenvalue weighted by Gasteiger charge is 2.44. The van der Waals surface area contributed by atoms with E-state index in [2.05, 4.69) is 11.8 Å². The van der Waals surface area contributed by atoms with Crippen LogP contribution in [0.15, 0.2) is 30.3 Å². The number of pyridine rings is 1. The van der Waals surface area contributed by atoms with E-state index in [1.165, 1.54) is 12.8 Å². The van der Waals surface area contributed by atoms with Crippen LogP contribution in [0, 0.1) is 16.7 Å². The minimum atomic E-state index is -0.121. The van der Waals surface area contributed by atoms with Crippen LogP contribution in [0.5, 0.6) is 5.75 Å². The minimum Gasteiger partial charge on any atom is -0.508 e. The summed E-state index contributed by atoms with van der Waals surface area (Å²) in [6.07, 6.45) is 10.3. The number of rotatable bonds is 5. The van der Waals surface area contributed by atoms with Crippen LogP contribution in [0.1, 0.15) is 76.8 Å². The molecule has 5 rings (SSSR count). The summed E-state index contributed by atoms with van der Waals surface area (Å²) >= 11 is 0. The Labute approximate surface area is 208 Å². The van der Waals surface area contributed by atoms with Crippen molar-refractivity contribution in [1.29, 1.82) is 0 Å². The Morgan fingerprint density at radius 2 is 1.86 bits per heavy atom. The minimum absolute atomic E-state index is 0.00948. The summed E-state index contributed by atoms with van der Waals surface area (Å²) in [5, 5.41) is 20.5. The molecule has 1 aromatic carbocycles. The Hall–Kier alpha value is -2.18. The summed E-state index contributed by atoms with van der Waals surface area (Å²) in [4.78, 5) is 20.0. The highest BCUT2D eigenvalue weighted by atomic mass is 16.5. The van der Waals surface area contributed by atoms with Crippen molar-refractivity contribution >= 4 is 16.9 Å². The number of esters is 1. The molecule has 1 unspecified atom stereocenters. The van der Waals surface area contributed by atoms with Gasteiger partial charge >= 0.3 is 5.97 Å². The maximum atomic E-state index is 12.9. The molecule has 1 aliphatic heterocycles. The summed E-state index contributed by atoms with van der Waals surface area (Å²) in [6, 6.07) is 9.28. The van der Waals surface area contributed by atoms with E-state index in [-0.39, 0.29) is 29.2 Å². The molecule has 2 aromatic rings. The monoisotopic (exact) mass is 480 g/mol. The average Bonchev–Trinajstić information content (AvgIpc) is 2.85. The van der Waals surface area contributed by atoms with Gasteiger partial charge in [0.1, 0.15) is 5.75 Å². The van der Waals surface area contributed by atoms with E-state index < -0.39 is 0 Å². The number of aromatic nitrogens is 1. The number of ether oxygens (including phenoxy) is 1. The number of hydrogen-bond acceptors (Lipinski definition) is 6. The number of benzene rings is 1. The highest BCUT2D eigenvalue weighted by Crippen LogP contribution is 2.53. The molecule has 2 saturated carbocycles. The third-order valence-electron chi connectivity index (χ3n) is 8.90. The topological polar surface area (TPSA) is 82.9 Å².